The Hall–Kier alpha value is -2.93. The van der Waals surface area contributed by atoms with E-state index in [9.17, 15) is 9.59 Å². The molecule has 3 rings (SSSR count). The highest BCUT2D eigenvalue weighted by Crippen LogP contribution is 2.13. The SMILES string of the molecule is Cc1nn(-c2ccccc2)cc1CCCNC(=O)CNC(=O)c1cccc(Br)c1. The van der Waals surface area contributed by atoms with E-state index in [1.54, 1.807) is 18.2 Å². The number of hydrogen-bond acceptors (Lipinski definition) is 3. The normalized spacial score (nSPS) is 10.6. The van der Waals surface area contributed by atoms with Crippen molar-refractivity contribution in [1.82, 2.24) is 20.4 Å². The zero-order valence-electron chi connectivity index (χ0n) is 16.2. The number of aromatic nitrogens is 2. The molecular weight excluding hydrogens is 432 g/mol. The maximum Gasteiger partial charge on any atom is 0.251 e. The molecule has 1 heterocycles. The van der Waals surface area contributed by atoms with Gasteiger partial charge < -0.3 is 10.6 Å². The lowest BCUT2D eigenvalue weighted by molar-refractivity contribution is -0.120. The van der Waals surface area contributed by atoms with Crippen LogP contribution in [0, 0.1) is 6.92 Å². The maximum atomic E-state index is 12.1. The molecule has 0 bridgehead atoms. The number of carbonyl (C=O) groups excluding carboxylic acids is 2. The van der Waals surface area contributed by atoms with Crippen molar-refractivity contribution in [3.63, 3.8) is 0 Å². The number of nitrogens with one attached hydrogen (secondary N) is 2. The van der Waals surface area contributed by atoms with Gasteiger partial charge in [0.25, 0.3) is 5.91 Å². The fourth-order valence-corrected chi connectivity index (χ4v) is 3.31. The van der Waals surface area contributed by atoms with Gasteiger partial charge in [-0.15, -0.1) is 0 Å². The topological polar surface area (TPSA) is 76.0 Å². The second-order valence-corrected chi connectivity index (χ2v) is 7.58. The van der Waals surface area contributed by atoms with Crippen molar-refractivity contribution in [2.24, 2.45) is 0 Å². The monoisotopic (exact) mass is 454 g/mol. The smallest absolute Gasteiger partial charge is 0.251 e. The fraction of sp³-hybridized carbons (Fsp3) is 0.227. The van der Waals surface area contributed by atoms with Crippen LogP contribution in [0.3, 0.4) is 0 Å². The van der Waals surface area contributed by atoms with Gasteiger partial charge in [0.15, 0.2) is 0 Å². The van der Waals surface area contributed by atoms with E-state index in [1.807, 2.05) is 54.2 Å². The minimum Gasteiger partial charge on any atom is -0.355 e. The van der Waals surface area contributed by atoms with Gasteiger partial charge in [0.05, 0.1) is 17.9 Å². The Bertz CT molecular complexity index is 985. The van der Waals surface area contributed by atoms with Gasteiger partial charge in [0, 0.05) is 22.8 Å². The molecule has 150 valence electrons. The van der Waals surface area contributed by atoms with Gasteiger partial charge in [-0.2, -0.15) is 5.10 Å². The molecule has 0 aliphatic rings. The van der Waals surface area contributed by atoms with Crippen LogP contribution in [0.25, 0.3) is 5.69 Å². The zero-order chi connectivity index (χ0) is 20.6. The van der Waals surface area contributed by atoms with Gasteiger partial charge in [-0.25, -0.2) is 4.68 Å². The van der Waals surface area contributed by atoms with Crippen LogP contribution in [0.15, 0.2) is 65.3 Å². The van der Waals surface area contributed by atoms with Crippen LogP contribution < -0.4 is 10.6 Å². The highest BCUT2D eigenvalue weighted by Gasteiger charge is 2.09. The predicted octanol–water partition coefficient (Wildman–Crippen LogP) is 3.42. The average Bonchev–Trinajstić information content (AvgIpc) is 3.10. The lowest BCUT2D eigenvalue weighted by Crippen LogP contribution is -2.37. The Morgan fingerprint density at radius 1 is 1.07 bits per heavy atom. The first kappa shape index (κ1) is 20.8. The summed E-state index contributed by atoms with van der Waals surface area (Å²) < 4.78 is 2.70. The second-order valence-electron chi connectivity index (χ2n) is 6.67. The summed E-state index contributed by atoms with van der Waals surface area (Å²) in [5.41, 5.74) is 3.68. The van der Waals surface area contributed by atoms with Crippen molar-refractivity contribution in [3.05, 3.63) is 82.1 Å². The number of benzene rings is 2. The van der Waals surface area contributed by atoms with E-state index in [0.717, 1.165) is 34.3 Å². The molecular formula is C22H23BrN4O2. The molecule has 0 atom stereocenters. The highest BCUT2D eigenvalue weighted by molar-refractivity contribution is 9.10. The Kier molecular flexibility index (Phi) is 7.19. The number of amides is 2. The number of carbonyl (C=O) groups is 2. The standard InChI is InChI=1S/C22H23BrN4O2/c1-16-18(15-27(26-16)20-10-3-2-4-11-20)8-6-12-24-21(28)14-25-22(29)17-7-5-9-19(23)13-17/h2-5,7,9-11,13,15H,6,8,12,14H2,1H3,(H,24,28)(H,25,29). The van der Waals surface area contributed by atoms with Crippen molar-refractivity contribution < 1.29 is 9.59 Å². The van der Waals surface area contributed by atoms with E-state index in [-0.39, 0.29) is 18.4 Å². The molecule has 0 radical (unpaired) electrons. The van der Waals surface area contributed by atoms with Gasteiger partial charge in [-0.1, -0.05) is 40.2 Å². The van der Waals surface area contributed by atoms with E-state index in [2.05, 4.69) is 31.7 Å². The molecule has 0 saturated heterocycles. The van der Waals surface area contributed by atoms with Crippen LogP contribution in [0.1, 0.15) is 28.0 Å². The number of nitrogens with zero attached hydrogens (tertiary/aromatic N) is 2. The van der Waals surface area contributed by atoms with Gasteiger partial charge in [0.2, 0.25) is 5.91 Å². The molecule has 0 aliphatic heterocycles. The van der Waals surface area contributed by atoms with Gasteiger partial charge in [0.1, 0.15) is 0 Å². The first-order valence-corrected chi connectivity index (χ1v) is 10.2. The fourth-order valence-electron chi connectivity index (χ4n) is 2.92. The number of rotatable bonds is 8. The summed E-state index contributed by atoms with van der Waals surface area (Å²) in [6.45, 7) is 2.49. The number of hydrogen-bond donors (Lipinski definition) is 2. The number of para-hydroxylation sites is 1. The summed E-state index contributed by atoms with van der Waals surface area (Å²) in [6, 6.07) is 17.0. The molecule has 1 aromatic heterocycles. The predicted molar refractivity (Wildman–Crippen MR) is 116 cm³/mol. The van der Waals surface area contributed by atoms with Gasteiger partial charge >= 0.3 is 0 Å². The van der Waals surface area contributed by atoms with Crippen molar-refractivity contribution in [1.29, 1.82) is 0 Å². The van der Waals surface area contributed by atoms with E-state index in [1.165, 1.54) is 0 Å². The van der Waals surface area contributed by atoms with Crippen LogP contribution in [-0.4, -0.2) is 34.7 Å². The molecule has 0 aliphatic carbocycles. The number of aryl methyl sites for hydroxylation is 2. The summed E-state index contributed by atoms with van der Waals surface area (Å²) in [7, 11) is 0. The lowest BCUT2D eigenvalue weighted by atomic mass is 10.1. The molecule has 2 N–H and O–H groups in total. The first-order valence-electron chi connectivity index (χ1n) is 9.44. The molecule has 0 spiro atoms. The van der Waals surface area contributed by atoms with Crippen LogP contribution in [0.2, 0.25) is 0 Å². The summed E-state index contributed by atoms with van der Waals surface area (Å²) in [5.74, 6) is -0.476. The summed E-state index contributed by atoms with van der Waals surface area (Å²) in [4.78, 5) is 24.0. The molecule has 2 amide bonds. The summed E-state index contributed by atoms with van der Waals surface area (Å²) in [5, 5.41) is 10.0. The summed E-state index contributed by atoms with van der Waals surface area (Å²) >= 11 is 3.33. The van der Waals surface area contributed by atoms with Gasteiger partial charge in [-0.05, 0) is 55.7 Å². The van der Waals surface area contributed by atoms with E-state index in [0.29, 0.717) is 12.1 Å². The number of halogens is 1. The van der Waals surface area contributed by atoms with E-state index >= 15 is 0 Å². The van der Waals surface area contributed by atoms with E-state index < -0.39 is 0 Å². The van der Waals surface area contributed by atoms with Crippen LogP contribution in [0.4, 0.5) is 0 Å². The largest absolute Gasteiger partial charge is 0.355 e. The quantitative estimate of drug-likeness (QED) is 0.511. The Labute approximate surface area is 178 Å². The first-order chi connectivity index (χ1) is 14.0. The van der Waals surface area contributed by atoms with Crippen molar-refractivity contribution in [3.8, 4) is 5.69 Å². The minimum absolute atomic E-state index is 0.0453. The average molecular weight is 455 g/mol. The molecule has 0 saturated carbocycles. The zero-order valence-corrected chi connectivity index (χ0v) is 17.8. The molecule has 3 aromatic rings. The van der Waals surface area contributed by atoms with Crippen molar-refractivity contribution in [2.75, 3.05) is 13.1 Å². The van der Waals surface area contributed by atoms with Crippen LogP contribution in [-0.2, 0) is 11.2 Å². The van der Waals surface area contributed by atoms with Gasteiger partial charge in [-0.3, -0.25) is 9.59 Å². The third kappa shape index (κ3) is 6.02. The maximum absolute atomic E-state index is 12.1. The molecule has 29 heavy (non-hydrogen) atoms. The third-order valence-corrected chi connectivity index (χ3v) is 4.96. The van der Waals surface area contributed by atoms with Crippen LogP contribution >= 0.6 is 15.9 Å². The Morgan fingerprint density at radius 3 is 2.62 bits per heavy atom. The molecule has 7 heteroatoms. The molecule has 0 fully saturated rings. The summed E-state index contributed by atoms with van der Waals surface area (Å²) in [6.07, 6.45) is 3.65. The van der Waals surface area contributed by atoms with E-state index in [4.69, 9.17) is 0 Å². The molecule has 2 aromatic carbocycles. The van der Waals surface area contributed by atoms with Crippen molar-refractivity contribution >= 4 is 27.7 Å². The third-order valence-electron chi connectivity index (χ3n) is 4.46. The highest BCUT2D eigenvalue weighted by atomic mass is 79.9. The minimum atomic E-state index is -0.273. The van der Waals surface area contributed by atoms with Crippen molar-refractivity contribution in [2.45, 2.75) is 19.8 Å². The second kappa shape index (κ2) is 10.0. The van der Waals surface area contributed by atoms with Crippen LogP contribution in [0.5, 0.6) is 0 Å². The molecule has 0 unspecified atom stereocenters. The Balaban J connectivity index is 1.40. The lowest BCUT2D eigenvalue weighted by Gasteiger charge is -2.07. The Morgan fingerprint density at radius 2 is 1.86 bits per heavy atom. The molecule has 6 nitrogen and oxygen atoms in total.